The fourth-order valence-corrected chi connectivity index (χ4v) is 9.69. The van der Waals surface area contributed by atoms with Crippen molar-refractivity contribution in [2.24, 2.45) is 16.0 Å². The zero-order valence-corrected chi connectivity index (χ0v) is 38.7. The summed E-state index contributed by atoms with van der Waals surface area (Å²) >= 11 is 1.41. The molecule has 0 bridgehead atoms. The Bertz CT molecular complexity index is 3230. The van der Waals surface area contributed by atoms with Crippen molar-refractivity contribution in [2.75, 3.05) is 37.5 Å². The molecule has 3 aliphatic heterocycles. The van der Waals surface area contributed by atoms with Crippen molar-refractivity contribution in [1.82, 2.24) is 43.8 Å². The van der Waals surface area contributed by atoms with Gasteiger partial charge in [-0.15, -0.1) is 11.8 Å². The number of aromatic nitrogens is 9. The van der Waals surface area contributed by atoms with Gasteiger partial charge in [-0.1, -0.05) is 10.2 Å². The summed E-state index contributed by atoms with van der Waals surface area (Å²) in [5.41, 5.74) is 27.8. The first-order chi connectivity index (χ1) is 33.8. The molecule has 370 valence electrons. The topological polar surface area (TPSA) is 487 Å². The highest BCUT2D eigenvalue weighted by atomic mass is 32.2. The maximum absolute atomic E-state index is 10.5. The predicted octanol–water partition coefficient (Wildman–Crippen LogP) is -0.658. The van der Waals surface area contributed by atoms with Crippen LogP contribution in [-0.4, -0.2) is 154 Å². The molecule has 3 aliphatic rings. The highest BCUT2D eigenvalue weighted by molar-refractivity contribution is 7.98. The molecule has 0 aliphatic carbocycles. The number of nitrogen functional groups attached to an aromatic ring is 2. The van der Waals surface area contributed by atoms with Gasteiger partial charge in [0.25, 0.3) is 0 Å². The van der Waals surface area contributed by atoms with Gasteiger partial charge >= 0.3 is 0 Å². The van der Waals surface area contributed by atoms with Crippen molar-refractivity contribution >= 4 is 39.9 Å². The van der Waals surface area contributed by atoms with Crippen molar-refractivity contribution in [3.8, 4) is 18.2 Å². The smallest absolute Gasteiger partial charge is 0.217 e. The number of fused-ring (bicyclic) bond motifs is 3. The molecular formula is C40H45N21O9S. The fourth-order valence-electron chi connectivity index (χ4n) is 9.18. The maximum Gasteiger partial charge on any atom is 0.217 e. The van der Waals surface area contributed by atoms with Gasteiger partial charge in [-0.25, -0.2) is 28.5 Å². The Hall–Kier alpha value is -7.50. The second-order valence-corrected chi connectivity index (χ2v) is 17.6. The molecule has 71 heavy (non-hydrogen) atoms. The number of anilines is 2. The Labute approximate surface area is 404 Å². The molecule has 0 amide bonds. The molecule has 0 aromatic carbocycles. The van der Waals surface area contributed by atoms with Crippen LogP contribution < -0.4 is 17.2 Å². The average molecular weight is 996 g/mol. The van der Waals surface area contributed by atoms with E-state index in [1.165, 1.54) is 71.1 Å². The largest absolute Gasteiger partial charge is 0.394 e. The Kier molecular flexibility index (Phi) is 13.8. The lowest BCUT2D eigenvalue weighted by Gasteiger charge is -2.34. The van der Waals surface area contributed by atoms with Crippen molar-refractivity contribution < 1.29 is 44.8 Å². The molecule has 3 saturated heterocycles. The minimum Gasteiger partial charge on any atom is -0.394 e. The van der Waals surface area contributed by atoms with E-state index < -0.39 is 89.9 Å². The van der Waals surface area contributed by atoms with Crippen LogP contribution in [0.4, 0.5) is 11.6 Å². The van der Waals surface area contributed by atoms with E-state index in [1.54, 1.807) is 30.3 Å². The number of aliphatic hydroxyl groups excluding tert-OH is 6. The molecule has 6 aromatic heterocycles. The average Bonchev–Trinajstić information content (AvgIpc) is 4.22. The summed E-state index contributed by atoms with van der Waals surface area (Å²) in [6.07, 6.45) is -1.50. The van der Waals surface area contributed by atoms with Crippen LogP contribution in [0.15, 0.2) is 70.6 Å². The van der Waals surface area contributed by atoms with E-state index in [2.05, 4.69) is 50.3 Å². The van der Waals surface area contributed by atoms with Crippen molar-refractivity contribution in [3.05, 3.63) is 93.3 Å². The molecule has 9 heterocycles. The summed E-state index contributed by atoms with van der Waals surface area (Å²) in [7, 11) is 0. The van der Waals surface area contributed by atoms with Crippen LogP contribution in [0.25, 0.3) is 37.4 Å². The monoisotopic (exact) mass is 995 g/mol. The first-order valence-corrected chi connectivity index (χ1v) is 22.1. The van der Waals surface area contributed by atoms with Crippen molar-refractivity contribution in [1.29, 1.82) is 15.8 Å². The second kappa shape index (κ2) is 19.0. The Balaban J connectivity index is 0.000000157. The summed E-state index contributed by atoms with van der Waals surface area (Å²) in [5.74, 6) is 0.428. The quantitative estimate of drug-likeness (QED) is 0.0376. The van der Waals surface area contributed by atoms with Crippen LogP contribution in [0.3, 0.4) is 0 Å². The number of azide groups is 2. The van der Waals surface area contributed by atoms with E-state index in [-0.39, 0.29) is 23.0 Å². The maximum atomic E-state index is 10.5. The third-order valence-electron chi connectivity index (χ3n) is 13.2. The van der Waals surface area contributed by atoms with E-state index in [4.69, 9.17) is 42.5 Å². The predicted molar refractivity (Wildman–Crippen MR) is 243 cm³/mol. The summed E-state index contributed by atoms with van der Waals surface area (Å²) in [5, 5.41) is 109. The van der Waals surface area contributed by atoms with Gasteiger partial charge < -0.3 is 62.1 Å². The highest BCUT2D eigenvalue weighted by Gasteiger charge is 2.67. The third kappa shape index (κ3) is 7.34. The number of nitriles is 3. The lowest BCUT2D eigenvalue weighted by Crippen LogP contribution is -2.59. The molecule has 30 nitrogen and oxygen atoms in total. The molecule has 31 heteroatoms. The molecule has 0 spiro atoms. The lowest BCUT2D eigenvalue weighted by molar-refractivity contribution is -0.0561. The van der Waals surface area contributed by atoms with Gasteiger partial charge in [0.15, 0.2) is 11.6 Å². The number of nitrogens with two attached hydrogens (primary N) is 3. The van der Waals surface area contributed by atoms with Gasteiger partial charge in [0.1, 0.15) is 88.7 Å². The normalized spacial score (nSPS) is 32.9. The Morgan fingerprint density at radius 1 is 0.634 bits per heavy atom. The van der Waals surface area contributed by atoms with Gasteiger partial charge in [0.05, 0.1) is 60.2 Å². The van der Waals surface area contributed by atoms with Crippen LogP contribution in [0.2, 0.25) is 0 Å². The fraction of sp³-hybridized carbons (Fsp3) is 0.475. The van der Waals surface area contributed by atoms with E-state index in [1.807, 2.05) is 24.5 Å². The Morgan fingerprint density at radius 3 is 1.35 bits per heavy atom. The molecular weight excluding hydrogens is 951 g/mol. The number of aliphatic hydroxyl groups is 6. The number of hydrogen-bond donors (Lipinski definition) is 9. The van der Waals surface area contributed by atoms with Crippen LogP contribution in [-0.2, 0) is 31.0 Å². The number of nitrogens with zero attached hydrogens (tertiary/aromatic N) is 18. The van der Waals surface area contributed by atoms with Gasteiger partial charge in [0, 0.05) is 9.82 Å². The van der Waals surface area contributed by atoms with Crippen LogP contribution in [0, 0.1) is 34.0 Å². The number of rotatable bonds is 9. The van der Waals surface area contributed by atoms with Gasteiger partial charge in [0.2, 0.25) is 16.8 Å². The molecule has 0 saturated carbocycles. The molecule has 0 unspecified atom stereocenters. The van der Waals surface area contributed by atoms with E-state index in [0.717, 1.165) is 0 Å². The standard InChI is InChI=1S/C14H15N7O3S.C13H14N8O3.C13H16N6O3/c1-13(19-20-16)11(23)9(5-22)24-14(13,6-15)10-4-3-8-12(25-2)17-7-18-21(8)10;1-12(19-20-16)10(23)8(4-22)24-13(12,5-14)9-3-2-7-11(15)17-6-18-21(7)9;1-12(16)10(21)8(4-20)22-13(12,5-14)9-3-2-7-11(15)17-6-18-19(7)9/h3-4,7,9,11,22-23H,5H2,1-2H3;2-3,6,8,10,22-23H,4H2,1H3,(H2,15,17,18);2-3,6,8,10,20-21H,4,16H2,1H3,(H2,15,17,18)/t9-,11-,13-,14+;2*8-,10-,12-,13+/m111/s1. The van der Waals surface area contributed by atoms with Gasteiger partial charge in [-0.3, -0.25) is 0 Å². The first kappa shape index (κ1) is 51.4. The second-order valence-electron chi connectivity index (χ2n) is 16.8. The third-order valence-corrected chi connectivity index (χ3v) is 13.9. The first-order valence-electron chi connectivity index (χ1n) is 20.9. The molecule has 9 rings (SSSR count). The van der Waals surface area contributed by atoms with E-state index >= 15 is 0 Å². The summed E-state index contributed by atoms with van der Waals surface area (Å²) in [6, 6.07) is 15.7. The lowest BCUT2D eigenvalue weighted by atomic mass is 9.78. The zero-order valence-electron chi connectivity index (χ0n) is 37.9. The van der Waals surface area contributed by atoms with Gasteiger partial charge in [-0.05, 0) is 74.5 Å². The van der Waals surface area contributed by atoms with Gasteiger partial charge in [-0.2, -0.15) is 31.1 Å². The zero-order chi connectivity index (χ0) is 51.9. The molecule has 12 N–H and O–H groups in total. The van der Waals surface area contributed by atoms with E-state index in [0.29, 0.717) is 27.3 Å². The summed E-state index contributed by atoms with van der Waals surface area (Å²) in [4.78, 5) is 17.4. The molecule has 3 fully saturated rings. The minimum atomic E-state index is -1.88. The van der Waals surface area contributed by atoms with Crippen molar-refractivity contribution in [2.45, 2.75) is 95.8 Å². The molecule has 0 radical (unpaired) electrons. The number of ether oxygens (including phenoxy) is 3. The Morgan fingerprint density at radius 2 is 0.986 bits per heavy atom. The van der Waals surface area contributed by atoms with Crippen LogP contribution in [0.1, 0.15) is 37.9 Å². The SMILES string of the molecule is CSc1ncnn2c([C@]3(C#N)O[C@H](CO)[C@@H](O)[C@@]3(C)N=[N+]=[N-])ccc12.C[C@@]1(N)[C@H](O)[C@@H](CO)O[C@@]1(C#N)c1ccc2c(N)ncnn12.C[C@@]1(N=[N+]=[N-])[C@H](O)[C@@H](CO)O[C@@]1(C#N)c1ccc2c(N)ncnn12. The summed E-state index contributed by atoms with van der Waals surface area (Å²) < 4.78 is 21.3. The van der Waals surface area contributed by atoms with Crippen molar-refractivity contribution in [3.63, 3.8) is 0 Å². The number of hydrogen-bond acceptors (Lipinski definition) is 24. The minimum absolute atomic E-state index is 0.187. The highest BCUT2D eigenvalue weighted by Crippen LogP contribution is 2.51. The van der Waals surface area contributed by atoms with Crippen LogP contribution >= 0.6 is 11.8 Å². The number of thioether (sulfide) groups is 1. The van der Waals surface area contributed by atoms with E-state index in [9.17, 15) is 46.4 Å². The molecule has 12 atom stereocenters. The molecule has 6 aromatic rings. The van der Waals surface area contributed by atoms with Crippen LogP contribution in [0.5, 0.6) is 0 Å². The summed E-state index contributed by atoms with van der Waals surface area (Å²) in [6.45, 7) is 2.77.